The summed E-state index contributed by atoms with van der Waals surface area (Å²) in [7, 11) is 0. The number of nitrogens with zero attached hydrogens (tertiary/aromatic N) is 3. The van der Waals surface area contributed by atoms with E-state index < -0.39 is 0 Å². The molecule has 4 heterocycles. The van der Waals surface area contributed by atoms with Crippen LogP contribution in [0.15, 0.2) is 64.1 Å². The van der Waals surface area contributed by atoms with Crippen molar-refractivity contribution >= 4 is 23.2 Å². The summed E-state index contributed by atoms with van der Waals surface area (Å²) in [6, 6.07) is 13.4. The van der Waals surface area contributed by atoms with Gasteiger partial charge in [0.25, 0.3) is 5.56 Å². The molecule has 31 heavy (non-hydrogen) atoms. The molecule has 1 aliphatic heterocycles. The lowest BCUT2D eigenvalue weighted by Crippen LogP contribution is -2.35. The number of benzene rings is 1. The van der Waals surface area contributed by atoms with Gasteiger partial charge in [0, 0.05) is 44.5 Å². The second kappa shape index (κ2) is 8.38. The Balaban J connectivity index is 1.33. The van der Waals surface area contributed by atoms with Crippen molar-refractivity contribution in [3.63, 3.8) is 0 Å². The lowest BCUT2D eigenvalue weighted by atomic mass is 10.1. The van der Waals surface area contributed by atoms with Crippen LogP contribution in [0.4, 0.5) is 0 Å². The Hall–Kier alpha value is -2.80. The third kappa shape index (κ3) is 4.19. The number of aromatic amines is 1. The second-order valence-electron chi connectivity index (χ2n) is 7.65. The van der Waals surface area contributed by atoms with Gasteiger partial charge in [0.1, 0.15) is 0 Å². The van der Waals surface area contributed by atoms with Crippen LogP contribution in [0, 0.1) is 0 Å². The van der Waals surface area contributed by atoms with Gasteiger partial charge in [-0.2, -0.15) is 0 Å². The number of hydrogen-bond donors (Lipinski definition) is 1. The van der Waals surface area contributed by atoms with Gasteiger partial charge in [-0.25, -0.2) is 4.98 Å². The summed E-state index contributed by atoms with van der Waals surface area (Å²) in [4.78, 5) is 22.5. The SMILES string of the molecule is O=c1[nH]c(-c2ccco2)nc2c1CN(Cc1cccn1Cc1ccc(Cl)c(Cl)c1)CC2. The zero-order valence-corrected chi connectivity index (χ0v) is 18.2. The number of nitrogens with one attached hydrogen (secondary N) is 1. The van der Waals surface area contributed by atoms with Gasteiger partial charge < -0.3 is 14.0 Å². The lowest BCUT2D eigenvalue weighted by molar-refractivity contribution is 0.236. The molecule has 0 atom stereocenters. The molecular formula is C23H20Cl2N4O2. The fraction of sp³-hybridized carbons (Fsp3) is 0.217. The van der Waals surface area contributed by atoms with Crippen molar-refractivity contribution in [3.05, 3.63) is 97.8 Å². The van der Waals surface area contributed by atoms with Gasteiger partial charge in [0.2, 0.25) is 0 Å². The molecule has 158 valence electrons. The van der Waals surface area contributed by atoms with Gasteiger partial charge in [-0.3, -0.25) is 9.69 Å². The van der Waals surface area contributed by atoms with E-state index in [0.29, 0.717) is 34.7 Å². The molecule has 5 rings (SSSR count). The summed E-state index contributed by atoms with van der Waals surface area (Å²) in [5, 5.41) is 1.11. The Morgan fingerprint density at radius 1 is 1.10 bits per heavy atom. The molecule has 1 aliphatic rings. The topological polar surface area (TPSA) is 67.1 Å². The van der Waals surface area contributed by atoms with Gasteiger partial charge in [-0.1, -0.05) is 29.3 Å². The number of hydrogen-bond acceptors (Lipinski definition) is 4. The van der Waals surface area contributed by atoms with E-state index in [9.17, 15) is 4.79 Å². The average molecular weight is 455 g/mol. The highest BCUT2D eigenvalue weighted by atomic mass is 35.5. The van der Waals surface area contributed by atoms with Crippen LogP contribution in [-0.4, -0.2) is 26.0 Å². The molecule has 0 saturated carbocycles. The fourth-order valence-corrected chi connectivity index (χ4v) is 4.28. The number of rotatable bonds is 5. The third-order valence-corrected chi connectivity index (χ3v) is 6.29. The molecule has 0 bridgehead atoms. The first-order valence-corrected chi connectivity index (χ1v) is 10.8. The molecule has 3 aromatic heterocycles. The van der Waals surface area contributed by atoms with E-state index in [4.69, 9.17) is 27.6 Å². The van der Waals surface area contributed by atoms with Crippen molar-refractivity contribution < 1.29 is 4.42 Å². The van der Waals surface area contributed by atoms with Crippen LogP contribution in [0.3, 0.4) is 0 Å². The molecular weight excluding hydrogens is 435 g/mol. The molecule has 0 fully saturated rings. The van der Waals surface area contributed by atoms with Crippen molar-refractivity contribution in [1.29, 1.82) is 0 Å². The summed E-state index contributed by atoms with van der Waals surface area (Å²) in [5.41, 5.74) is 3.72. The Morgan fingerprint density at radius 2 is 2.00 bits per heavy atom. The molecule has 0 aliphatic carbocycles. The monoisotopic (exact) mass is 454 g/mol. The molecule has 0 spiro atoms. The molecule has 1 N–H and O–H groups in total. The summed E-state index contributed by atoms with van der Waals surface area (Å²) >= 11 is 12.2. The van der Waals surface area contributed by atoms with Crippen LogP contribution in [-0.2, 0) is 26.1 Å². The molecule has 0 saturated heterocycles. The number of H-pyrrole nitrogens is 1. The molecule has 0 unspecified atom stereocenters. The standard InChI is InChI=1S/C23H20Cl2N4O2/c24-18-6-5-15(11-19(18)25)12-29-8-1-3-16(29)13-28-9-7-20-17(14-28)23(30)27-22(26-20)21-4-2-10-31-21/h1-6,8,10-11H,7,9,12-14H2,(H,26,27,30). The molecule has 1 aromatic carbocycles. The third-order valence-electron chi connectivity index (χ3n) is 5.55. The highest BCUT2D eigenvalue weighted by Gasteiger charge is 2.22. The molecule has 0 amide bonds. The maximum Gasteiger partial charge on any atom is 0.256 e. The van der Waals surface area contributed by atoms with E-state index in [1.54, 1.807) is 18.4 Å². The quantitative estimate of drug-likeness (QED) is 0.472. The van der Waals surface area contributed by atoms with Crippen molar-refractivity contribution in [1.82, 2.24) is 19.4 Å². The fourth-order valence-electron chi connectivity index (χ4n) is 3.96. The van der Waals surface area contributed by atoms with Gasteiger partial charge >= 0.3 is 0 Å². The van der Waals surface area contributed by atoms with Gasteiger partial charge in [-0.15, -0.1) is 0 Å². The smallest absolute Gasteiger partial charge is 0.256 e. The summed E-state index contributed by atoms with van der Waals surface area (Å²) in [5.74, 6) is 1.06. The first-order chi connectivity index (χ1) is 15.1. The van der Waals surface area contributed by atoms with Crippen molar-refractivity contribution in [2.24, 2.45) is 0 Å². The van der Waals surface area contributed by atoms with Crippen molar-refractivity contribution in [3.8, 4) is 11.6 Å². The van der Waals surface area contributed by atoms with Crippen molar-refractivity contribution in [2.75, 3.05) is 6.54 Å². The highest BCUT2D eigenvalue weighted by molar-refractivity contribution is 6.42. The van der Waals surface area contributed by atoms with E-state index >= 15 is 0 Å². The minimum Gasteiger partial charge on any atom is -0.461 e. The predicted octanol–water partition coefficient (Wildman–Crippen LogP) is 4.74. The van der Waals surface area contributed by atoms with E-state index in [1.807, 2.05) is 24.3 Å². The summed E-state index contributed by atoms with van der Waals surface area (Å²) < 4.78 is 7.56. The molecule has 8 heteroatoms. The predicted molar refractivity (Wildman–Crippen MR) is 120 cm³/mol. The molecule has 0 radical (unpaired) electrons. The summed E-state index contributed by atoms with van der Waals surface area (Å²) in [6.07, 6.45) is 4.35. The Morgan fingerprint density at radius 3 is 2.81 bits per heavy atom. The minimum absolute atomic E-state index is 0.104. The van der Waals surface area contributed by atoms with Crippen LogP contribution < -0.4 is 5.56 Å². The van der Waals surface area contributed by atoms with Crippen LogP contribution in [0.5, 0.6) is 0 Å². The maximum atomic E-state index is 12.7. The van der Waals surface area contributed by atoms with E-state index in [0.717, 1.165) is 36.3 Å². The lowest BCUT2D eigenvalue weighted by Gasteiger charge is -2.28. The van der Waals surface area contributed by atoms with Gasteiger partial charge in [0.05, 0.1) is 27.6 Å². The molecule has 4 aromatic rings. The first-order valence-electron chi connectivity index (χ1n) is 10.0. The van der Waals surface area contributed by atoms with Crippen LogP contribution in [0.1, 0.15) is 22.5 Å². The van der Waals surface area contributed by atoms with Crippen LogP contribution >= 0.6 is 23.2 Å². The van der Waals surface area contributed by atoms with Gasteiger partial charge in [0.15, 0.2) is 11.6 Å². The average Bonchev–Trinajstić information content (AvgIpc) is 3.44. The first kappa shape index (κ1) is 20.1. The highest BCUT2D eigenvalue weighted by Crippen LogP contribution is 2.24. The van der Waals surface area contributed by atoms with Crippen LogP contribution in [0.25, 0.3) is 11.6 Å². The van der Waals surface area contributed by atoms with Crippen LogP contribution in [0.2, 0.25) is 10.0 Å². The minimum atomic E-state index is -0.104. The Kier molecular flexibility index (Phi) is 5.44. The number of furan rings is 1. The van der Waals surface area contributed by atoms with E-state index in [1.165, 1.54) is 5.69 Å². The maximum absolute atomic E-state index is 12.7. The number of aromatic nitrogens is 3. The number of halogens is 2. The molecule has 6 nitrogen and oxygen atoms in total. The van der Waals surface area contributed by atoms with Gasteiger partial charge in [-0.05, 0) is 42.0 Å². The van der Waals surface area contributed by atoms with Crippen molar-refractivity contribution in [2.45, 2.75) is 26.1 Å². The Bertz CT molecular complexity index is 1280. The van der Waals surface area contributed by atoms with E-state index in [-0.39, 0.29) is 5.56 Å². The zero-order chi connectivity index (χ0) is 21.4. The normalized spacial score (nSPS) is 14.0. The Labute approximate surface area is 189 Å². The second-order valence-corrected chi connectivity index (χ2v) is 8.47. The largest absolute Gasteiger partial charge is 0.461 e. The zero-order valence-electron chi connectivity index (χ0n) is 16.6. The summed E-state index contributed by atoms with van der Waals surface area (Å²) in [6.45, 7) is 2.85. The number of fused-ring (bicyclic) bond motifs is 1. The van der Waals surface area contributed by atoms with E-state index in [2.05, 4.69) is 31.7 Å².